The summed E-state index contributed by atoms with van der Waals surface area (Å²) in [5.41, 5.74) is 1.08. The van der Waals surface area contributed by atoms with Crippen molar-refractivity contribution in [2.45, 2.75) is 6.92 Å². The molecule has 0 bridgehead atoms. The van der Waals surface area contributed by atoms with Crippen LogP contribution in [0.25, 0.3) is 11.4 Å². The highest BCUT2D eigenvalue weighted by atomic mass is 16.3. The van der Waals surface area contributed by atoms with Crippen molar-refractivity contribution in [3.05, 3.63) is 30.5 Å². The number of carbonyl (C=O) groups excluding carboxylic acids is 1. The minimum Gasteiger partial charge on any atom is -0.507 e. The predicted octanol–water partition coefficient (Wildman–Crippen LogP) is 1.87. The van der Waals surface area contributed by atoms with Gasteiger partial charge in [0.15, 0.2) is 11.6 Å². The van der Waals surface area contributed by atoms with E-state index in [1.54, 1.807) is 29.2 Å². The minimum atomic E-state index is -0.188. The van der Waals surface area contributed by atoms with E-state index in [4.69, 9.17) is 0 Å². The number of para-hydroxylation sites is 1. The van der Waals surface area contributed by atoms with Crippen LogP contribution in [0.2, 0.25) is 0 Å². The zero-order chi connectivity index (χ0) is 14.7. The van der Waals surface area contributed by atoms with Crippen molar-refractivity contribution in [3.8, 4) is 17.1 Å². The van der Waals surface area contributed by atoms with E-state index in [-0.39, 0.29) is 11.7 Å². The molecule has 2 N–H and O–H groups in total. The molecule has 104 valence electrons. The summed E-state index contributed by atoms with van der Waals surface area (Å²) in [6.45, 7) is 1.43. The smallest absolute Gasteiger partial charge is 0.221 e. The Balaban J connectivity index is 2.50. The van der Waals surface area contributed by atoms with Crippen molar-refractivity contribution < 1.29 is 9.90 Å². The van der Waals surface area contributed by atoms with Gasteiger partial charge in [-0.05, 0) is 12.1 Å². The van der Waals surface area contributed by atoms with Crippen molar-refractivity contribution in [2.75, 3.05) is 24.3 Å². The molecule has 2 rings (SSSR count). The monoisotopic (exact) mass is 272 g/mol. The van der Waals surface area contributed by atoms with Crippen molar-refractivity contribution in [1.29, 1.82) is 0 Å². The van der Waals surface area contributed by atoms with Crippen molar-refractivity contribution in [1.82, 2.24) is 9.97 Å². The van der Waals surface area contributed by atoms with E-state index in [1.165, 1.54) is 13.1 Å². The average Bonchev–Trinajstić information content (AvgIpc) is 2.39. The standard InChI is InChI=1S/C14H16N4O2/c1-9(19)16-11-8-15-13(17-14(11)18(2)3)10-6-4-5-7-12(10)20/h4-8,20H,1-3H3,(H,16,19). The first-order valence-electron chi connectivity index (χ1n) is 6.09. The molecule has 0 fully saturated rings. The number of hydrogen-bond acceptors (Lipinski definition) is 5. The Morgan fingerprint density at radius 3 is 2.60 bits per heavy atom. The van der Waals surface area contributed by atoms with Gasteiger partial charge in [0, 0.05) is 21.0 Å². The molecule has 1 aromatic heterocycles. The molecule has 2 aromatic rings. The van der Waals surface area contributed by atoms with E-state index in [9.17, 15) is 9.90 Å². The molecule has 0 spiro atoms. The molecule has 0 aliphatic rings. The number of rotatable bonds is 3. The number of phenolic OH excluding ortho intramolecular Hbond substituents is 1. The normalized spacial score (nSPS) is 10.2. The van der Waals surface area contributed by atoms with Crippen LogP contribution in [0.3, 0.4) is 0 Å². The summed E-state index contributed by atoms with van der Waals surface area (Å²) >= 11 is 0. The Morgan fingerprint density at radius 2 is 2.00 bits per heavy atom. The van der Waals surface area contributed by atoms with Crippen molar-refractivity contribution in [2.24, 2.45) is 0 Å². The number of aromatic nitrogens is 2. The lowest BCUT2D eigenvalue weighted by molar-refractivity contribution is -0.114. The largest absolute Gasteiger partial charge is 0.507 e. The molecule has 0 aliphatic heterocycles. The van der Waals surface area contributed by atoms with Crippen LogP contribution in [0.5, 0.6) is 5.75 Å². The van der Waals surface area contributed by atoms with Crippen LogP contribution >= 0.6 is 0 Å². The zero-order valence-electron chi connectivity index (χ0n) is 11.6. The molecule has 0 atom stereocenters. The van der Waals surface area contributed by atoms with E-state index in [0.717, 1.165) is 0 Å². The minimum absolute atomic E-state index is 0.115. The second kappa shape index (κ2) is 5.56. The van der Waals surface area contributed by atoms with Crippen LogP contribution < -0.4 is 10.2 Å². The lowest BCUT2D eigenvalue weighted by Crippen LogP contribution is -2.17. The summed E-state index contributed by atoms with van der Waals surface area (Å²) in [5.74, 6) is 0.908. The summed E-state index contributed by atoms with van der Waals surface area (Å²) < 4.78 is 0. The fourth-order valence-electron chi connectivity index (χ4n) is 1.78. The number of carbonyl (C=O) groups is 1. The highest BCUT2D eigenvalue weighted by molar-refractivity contribution is 5.92. The average molecular weight is 272 g/mol. The van der Waals surface area contributed by atoms with Gasteiger partial charge in [0.05, 0.1) is 11.8 Å². The second-order valence-corrected chi connectivity index (χ2v) is 4.52. The zero-order valence-corrected chi connectivity index (χ0v) is 11.6. The van der Waals surface area contributed by atoms with E-state index < -0.39 is 0 Å². The highest BCUT2D eigenvalue weighted by Crippen LogP contribution is 2.29. The van der Waals surface area contributed by atoms with E-state index >= 15 is 0 Å². The summed E-state index contributed by atoms with van der Waals surface area (Å²) in [7, 11) is 3.64. The van der Waals surface area contributed by atoms with Gasteiger partial charge in [-0.3, -0.25) is 4.79 Å². The maximum absolute atomic E-state index is 11.2. The third-order valence-corrected chi connectivity index (χ3v) is 2.65. The molecular weight excluding hydrogens is 256 g/mol. The number of aromatic hydroxyl groups is 1. The molecule has 0 saturated heterocycles. The van der Waals surface area contributed by atoms with Crippen LogP contribution in [-0.2, 0) is 4.79 Å². The number of nitrogens with zero attached hydrogens (tertiary/aromatic N) is 3. The van der Waals surface area contributed by atoms with Crippen LogP contribution in [0.4, 0.5) is 11.5 Å². The van der Waals surface area contributed by atoms with E-state index in [2.05, 4.69) is 15.3 Å². The van der Waals surface area contributed by atoms with Gasteiger partial charge in [0.2, 0.25) is 5.91 Å². The molecule has 0 aliphatic carbocycles. The molecule has 0 unspecified atom stereocenters. The van der Waals surface area contributed by atoms with E-state index in [1.807, 2.05) is 14.1 Å². The second-order valence-electron chi connectivity index (χ2n) is 4.52. The summed E-state index contributed by atoms with van der Waals surface area (Å²) in [5, 5.41) is 12.5. The van der Waals surface area contributed by atoms with Crippen LogP contribution in [-0.4, -0.2) is 35.1 Å². The van der Waals surface area contributed by atoms with Gasteiger partial charge in [0.1, 0.15) is 11.4 Å². The third-order valence-electron chi connectivity index (χ3n) is 2.65. The third kappa shape index (κ3) is 2.85. The molecule has 6 nitrogen and oxygen atoms in total. The van der Waals surface area contributed by atoms with E-state index in [0.29, 0.717) is 22.9 Å². The topological polar surface area (TPSA) is 78.3 Å². The Morgan fingerprint density at radius 1 is 1.30 bits per heavy atom. The lowest BCUT2D eigenvalue weighted by Gasteiger charge is -2.17. The van der Waals surface area contributed by atoms with Gasteiger partial charge in [0.25, 0.3) is 0 Å². The molecule has 1 heterocycles. The molecule has 6 heteroatoms. The van der Waals surface area contributed by atoms with Gasteiger partial charge in [-0.2, -0.15) is 0 Å². The summed E-state index contributed by atoms with van der Waals surface area (Å²) in [6, 6.07) is 6.85. The summed E-state index contributed by atoms with van der Waals surface area (Å²) in [4.78, 5) is 21.5. The van der Waals surface area contributed by atoms with Gasteiger partial charge < -0.3 is 15.3 Å². The van der Waals surface area contributed by atoms with Gasteiger partial charge in [-0.15, -0.1) is 0 Å². The fourth-order valence-corrected chi connectivity index (χ4v) is 1.78. The molecule has 1 aromatic carbocycles. The van der Waals surface area contributed by atoms with Crippen molar-refractivity contribution >= 4 is 17.4 Å². The molecular formula is C14H16N4O2. The molecule has 1 amide bonds. The number of phenols is 1. The molecule has 0 saturated carbocycles. The Labute approximate surface area is 117 Å². The maximum atomic E-state index is 11.2. The number of benzene rings is 1. The van der Waals surface area contributed by atoms with Crippen LogP contribution in [0, 0.1) is 0 Å². The lowest BCUT2D eigenvalue weighted by atomic mass is 10.2. The maximum Gasteiger partial charge on any atom is 0.221 e. The number of hydrogen-bond donors (Lipinski definition) is 2. The molecule has 0 radical (unpaired) electrons. The molecule has 20 heavy (non-hydrogen) atoms. The number of anilines is 2. The Kier molecular flexibility index (Phi) is 3.84. The summed E-state index contributed by atoms with van der Waals surface area (Å²) in [6.07, 6.45) is 1.53. The Hall–Kier alpha value is -2.63. The first-order valence-corrected chi connectivity index (χ1v) is 6.09. The van der Waals surface area contributed by atoms with Crippen LogP contribution in [0.15, 0.2) is 30.5 Å². The first kappa shape index (κ1) is 13.8. The van der Waals surface area contributed by atoms with Gasteiger partial charge in [-0.1, -0.05) is 12.1 Å². The highest BCUT2D eigenvalue weighted by Gasteiger charge is 2.13. The van der Waals surface area contributed by atoms with Gasteiger partial charge in [-0.25, -0.2) is 9.97 Å². The van der Waals surface area contributed by atoms with Crippen molar-refractivity contribution in [3.63, 3.8) is 0 Å². The predicted molar refractivity (Wildman–Crippen MR) is 77.8 cm³/mol. The van der Waals surface area contributed by atoms with Crippen LogP contribution in [0.1, 0.15) is 6.92 Å². The fraction of sp³-hybridized carbons (Fsp3) is 0.214. The quantitative estimate of drug-likeness (QED) is 0.891. The Bertz CT molecular complexity index is 641. The first-order chi connectivity index (χ1) is 9.49. The number of amides is 1. The SMILES string of the molecule is CC(=O)Nc1cnc(-c2ccccc2O)nc1N(C)C. The van der Waals surface area contributed by atoms with Gasteiger partial charge >= 0.3 is 0 Å². The number of nitrogens with one attached hydrogen (secondary N) is 1.